The summed E-state index contributed by atoms with van der Waals surface area (Å²) in [4.78, 5) is 0. The highest BCUT2D eigenvalue weighted by Gasteiger charge is 2.25. The van der Waals surface area contributed by atoms with Gasteiger partial charge in [0, 0.05) is 5.69 Å². The van der Waals surface area contributed by atoms with E-state index in [-0.39, 0.29) is 11.9 Å². The van der Waals surface area contributed by atoms with Gasteiger partial charge in [0.2, 0.25) is 0 Å². The molecule has 2 N–H and O–H groups in total. The van der Waals surface area contributed by atoms with Crippen LogP contribution in [-0.4, -0.2) is 30.5 Å². The number of ether oxygens (including phenoxy) is 1. The van der Waals surface area contributed by atoms with Crippen molar-refractivity contribution in [3.8, 4) is 0 Å². The number of hydrogen-bond donors (Lipinski definition) is 2. The van der Waals surface area contributed by atoms with Crippen LogP contribution in [0.4, 0.5) is 10.1 Å². The molecular weight excluding hydrogens is 197 g/mol. The number of aryl methyl sites for hydroxylation is 1. The summed E-state index contributed by atoms with van der Waals surface area (Å²) >= 11 is 0. The number of aliphatic hydroxyl groups excluding tert-OH is 1. The Kier molecular flexibility index (Phi) is 2.88. The molecule has 1 aromatic rings. The predicted molar refractivity (Wildman–Crippen MR) is 55.4 cm³/mol. The molecule has 1 heterocycles. The van der Waals surface area contributed by atoms with Gasteiger partial charge in [-0.1, -0.05) is 0 Å². The average molecular weight is 211 g/mol. The molecule has 0 bridgehead atoms. The number of aliphatic hydroxyl groups is 1. The molecule has 0 aromatic heterocycles. The maximum Gasteiger partial charge on any atom is 0.125 e. The lowest BCUT2D eigenvalue weighted by atomic mass is 10.1. The molecule has 3 nitrogen and oxygen atoms in total. The van der Waals surface area contributed by atoms with Crippen LogP contribution >= 0.6 is 0 Å². The first kappa shape index (κ1) is 10.4. The van der Waals surface area contributed by atoms with Crippen LogP contribution in [-0.2, 0) is 4.74 Å². The molecule has 2 atom stereocenters. The van der Waals surface area contributed by atoms with E-state index in [2.05, 4.69) is 5.32 Å². The topological polar surface area (TPSA) is 41.5 Å². The van der Waals surface area contributed by atoms with Crippen LogP contribution in [0.3, 0.4) is 0 Å². The largest absolute Gasteiger partial charge is 0.388 e. The zero-order valence-corrected chi connectivity index (χ0v) is 8.53. The quantitative estimate of drug-likeness (QED) is 0.775. The van der Waals surface area contributed by atoms with E-state index in [1.165, 1.54) is 12.1 Å². The average Bonchev–Trinajstić information content (AvgIpc) is 2.50. The van der Waals surface area contributed by atoms with Crippen LogP contribution in [0.1, 0.15) is 5.56 Å². The van der Waals surface area contributed by atoms with Crippen molar-refractivity contribution in [1.29, 1.82) is 0 Å². The van der Waals surface area contributed by atoms with Crippen LogP contribution in [0, 0.1) is 12.7 Å². The minimum Gasteiger partial charge on any atom is -0.388 e. The highest BCUT2D eigenvalue weighted by atomic mass is 19.1. The Morgan fingerprint density at radius 2 is 2.20 bits per heavy atom. The minimum absolute atomic E-state index is 0.147. The van der Waals surface area contributed by atoms with Gasteiger partial charge in [0.25, 0.3) is 0 Å². The number of benzene rings is 1. The molecular formula is C11H14FNO2. The molecule has 0 amide bonds. The third-order valence-electron chi connectivity index (χ3n) is 2.44. The first-order valence-electron chi connectivity index (χ1n) is 4.95. The van der Waals surface area contributed by atoms with E-state index in [4.69, 9.17) is 4.74 Å². The Morgan fingerprint density at radius 1 is 1.40 bits per heavy atom. The molecule has 82 valence electrons. The minimum atomic E-state index is -0.520. The lowest BCUT2D eigenvalue weighted by Gasteiger charge is -2.16. The van der Waals surface area contributed by atoms with Crippen molar-refractivity contribution >= 4 is 5.69 Å². The fraction of sp³-hybridized carbons (Fsp3) is 0.455. The van der Waals surface area contributed by atoms with Crippen molar-refractivity contribution in [2.75, 3.05) is 18.5 Å². The summed E-state index contributed by atoms with van der Waals surface area (Å²) in [7, 11) is 0. The number of anilines is 1. The Hall–Kier alpha value is -1.13. The number of rotatable bonds is 2. The molecule has 1 aromatic carbocycles. The first-order valence-corrected chi connectivity index (χ1v) is 4.95. The zero-order valence-electron chi connectivity index (χ0n) is 8.53. The molecule has 1 fully saturated rings. The van der Waals surface area contributed by atoms with Gasteiger partial charge in [-0.25, -0.2) is 4.39 Å². The van der Waals surface area contributed by atoms with Gasteiger partial charge >= 0.3 is 0 Å². The molecule has 15 heavy (non-hydrogen) atoms. The Bertz CT molecular complexity index is 336. The highest BCUT2D eigenvalue weighted by molar-refractivity contribution is 5.47. The Morgan fingerprint density at radius 3 is 2.80 bits per heavy atom. The molecule has 4 heteroatoms. The molecule has 0 spiro atoms. The van der Waals surface area contributed by atoms with Gasteiger partial charge in [0.1, 0.15) is 5.82 Å². The van der Waals surface area contributed by atoms with Crippen molar-refractivity contribution in [3.05, 3.63) is 29.6 Å². The van der Waals surface area contributed by atoms with Crippen molar-refractivity contribution in [1.82, 2.24) is 0 Å². The smallest absolute Gasteiger partial charge is 0.125 e. The summed E-state index contributed by atoms with van der Waals surface area (Å²) in [5, 5.41) is 12.6. The lowest BCUT2D eigenvalue weighted by Crippen LogP contribution is -2.31. The standard InChI is InChI=1S/C11H14FNO2/c1-7-2-8(12)4-9(3-7)13-10-5-15-6-11(10)14/h2-4,10-11,13-14H,5-6H2,1H3. The number of hydrogen-bond acceptors (Lipinski definition) is 3. The summed E-state index contributed by atoms with van der Waals surface area (Å²) < 4.78 is 18.2. The number of nitrogens with one attached hydrogen (secondary N) is 1. The van der Waals surface area contributed by atoms with E-state index >= 15 is 0 Å². The molecule has 1 saturated heterocycles. The third kappa shape index (κ3) is 2.46. The second-order valence-electron chi connectivity index (χ2n) is 3.87. The summed E-state index contributed by atoms with van der Waals surface area (Å²) in [6, 6.07) is 4.57. The maximum absolute atomic E-state index is 13.1. The predicted octanol–water partition coefficient (Wildman–Crippen LogP) is 1.31. The SMILES string of the molecule is Cc1cc(F)cc(NC2COCC2O)c1. The molecule has 2 rings (SSSR count). The first-order chi connectivity index (χ1) is 7.15. The van der Waals surface area contributed by atoms with E-state index in [9.17, 15) is 9.50 Å². The van der Waals surface area contributed by atoms with Crippen molar-refractivity contribution in [2.24, 2.45) is 0 Å². The molecule has 1 aliphatic rings. The second kappa shape index (κ2) is 4.16. The normalized spacial score (nSPS) is 25.5. The van der Waals surface area contributed by atoms with E-state index in [0.717, 1.165) is 5.56 Å². The van der Waals surface area contributed by atoms with Crippen LogP contribution in [0.5, 0.6) is 0 Å². The molecule has 2 unspecified atom stereocenters. The van der Waals surface area contributed by atoms with Gasteiger partial charge in [-0.15, -0.1) is 0 Å². The second-order valence-corrected chi connectivity index (χ2v) is 3.87. The Balaban J connectivity index is 2.10. The maximum atomic E-state index is 13.1. The summed E-state index contributed by atoms with van der Waals surface area (Å²) in [6.45, 7) is 2.62. The fourth-order valence-corrected chi connectivity index (χ4v) is 1.71. The summed E-state index contributed by atoms with van der Waals surface area (Å²) in [6.07, 6.45) is -0.520. The van der Waals surface area contributed by atoms with Gasteiger partial charge in [-0.2, -0.15) is 0 Å². The van der Waals surface area contributed by atoms with Crippen LogP contribution in [0.2, 0.25) is 0 Å². The van der Waals surface area contributed by atoms with Gasteiger partial charge in [-0.05, 0) is 30.7 Å². The number of halogens is 1. The lowest BCUT2D eigenvalue weighted by molar-refractivity contribution is 0.125. The molecule has 0 radical (unpaired) electrons. The van der Waals surface area contributed by atoms with Gasteiger partial charge < -0.3 is 15.2 Å². The van der Waals surface area contributed by atoms with Gasteiger partial charge in [-0.3, -0.25) is 0 Å². The summed E-state index contributed by atoms with van der Waals surface area (Å²) in [5.74, 6) is -0.272. The zero-order chi connectivity index (χ0) is 10.8. The van der Waals surface area contributed by atoms with Crippen molar-refractivity contribution in [2.45, 2.75) is 19.1 Å². The van der Waals surface area contributed by atoms with Gasteiger partial charge in [0.15, 0.2) is 0 Å². The van der Waals surface area contributed by atoms with Gasteiger partial charge in [0.05, 0.1) is 25.4 Å². The van der Waals surface area contributed by atoms with Crippen LogP contribution < -0.4 is 5.32 Å². The fourth-order valence-electron chi connectivity index (χ4n) is 1.71. The van der Waals surface area contributed by atoms with Crippen LogP contribution in [0.15, 0.2) is 18.2 Å². The van der Waals surface area contributed by atoms with Crippen molar-refractivity contribution < 1.29 is 14.2 Å². The van der Waals surface area contributed by atoms with E-state index in [1.807, 2.05) is 13.0 Å². The highest BCUT2D eigenvalue weighted by Crippen LogP contribution is 2.17. The van der Waals surface area contributed by atoms with Crippen LogP contribution in [0.25, 0.3) is 0 Å². The molecule has 1 aliphatic heterocycles. The summed E-state index contributed by atoms with van der Waals surface area (Å²) in [5.41, 5.74) is 1.54. The Labute approximate surface area is 87.9 Å². The van der Waals surface area contributed by atoms with E-state index in [0.29, 0.717) is 18.9 Å². The molecule has 0 saturated carbocycles. The molecule has 0 aliphatic carbocycles. The van der Waals surface area contributed by atoms with E-state index in [1.54, 1.807) is 0 Å². The van der Waals surface area contributed by atoms with Crippen molar-refractivity contribution in [3.63, 3.8) is 0 Å². The monoisotopic (exact) mass is 211 g/mol. The third-order valence-corrected chi connectivity index (χ3v) is 2.44. The van der Waals surface area contributed by atoms with E-state index < -0.39 is 6.10 Å².